The van der Waals surface area contributed by atoms with Crippen molar-refractivity contribution in [1.82, 2.24) is 5.32 Å². The van der Waals surface area contributed by atoms with Crippen LogP contribution in [0.5, 0.6) is 5.75 Å². The van der Waals surface area contributed by atoms with Crippen molar-refractivity contribution in [2.45, 2.75) is 19.1 Å². The normalized spacial score (nSPS) is 13.4. The Kier molecular flexibility index (Phi) is 5.90. The van der Waals surface area contributed by atoms with Gasteiger partial charge >= 0.3 is 6.18 Å². The zero-order chi connectivity index (χ0) is 14.5. The predicted molar refractivity (Wildman–Crippen MR) is 66.4 cm³/mol. The van der Waals surface area contributed by atoms with Crippen molar-refractivity contribution < 1.29 is 22.6 Å². The molecule has 0 spiro atoms. The van der Waals surface area contributed by atoms with E-state index < -0.39 is 19.6 Å². The maximum absolute atomic E-state index is 11.9. The molecule has 108 valence electrons. The van der Waals surface area contributed by atoms with Crippen LogP contribution < -0.4 is 10.1 Å². The van der Waals surface area contributed by atoms with Crippen LogP contribution in [0.15, 0.2) is 18.2 Å². The lowest BCUT2D eigenvalue weighted by Crippen LogP contribution is -2.20. The largest absolute Gasteiger partial charge is 0.467 e. The van der Waals surface area contributed by atoms with Crippen LogP contribution in [0.2, 0.25) is 5.02 Å². The minimum Gasteiger partial charge on any atom is -0.467 e. The van der Waals surface area contributed by atoms with Gasteiger partial charge in [0.15, 0.2) is 6.79 Å². The third-order valence-electron chi connectivity index (χ3n) is 2.43. The first-order valence-electron chi connectivity index (χ1n) is 5.57. The Balaban J connectivity index is 2.62. The smallest absolute Gasteiger partial charge is 0.411 e. The Morgan fingerprint density at radius 2 is 2.05 bits per heavy atom. The molecule has 1 unspecified atom stereocenters. The van der Waals surface area contributed by atoms with E-state index in [1.165, 1.54) is 0 Å². The lowest BCUT2D eigenvalue weighted by Gasteiger charge is -2.17. The summed E-state index contributed by atoms with van der Waals surface area (Å²) in [5.74, 6) is 0.438. The second-order valence-corrected chi connectivity index (χ2v) is 4.35. The van der Waals surface area contributed by atoms with Crippen LogP contribution in [0, 0.1) is 0 Å². The van der Waals surface area contributed by atoms with E-state index in [9.17, 15) is 13.2 Å². The quantitative estimate of drug-likeness (QED) is 0.643. The van der Waals surface area contributed by atoms with Crippen LogP contribution in [0.3, 0.4) is 0 Å². The molecule has 0 aromatic heterocycles. The molecular weight excluding hydrogens is 283 g/mol. The molecule has 1 N–H and O–H groups in total. The molecule has 0 bridgehead atoms. The van der Waals surface area contributed by atoms with Crippen LogP contribution in [-0.2, 0) is 4.74 Å². The van der Waals surface area contributed by atoms with Crippen molar-refractivity contribution in [3.05, 3.63) is 28.8 Å². The Morgan fingerprint density at radius 1 is 1.37 bits per heavy atom. The van der Waals surface area contributed by atoms with Crippen molar-refractivity contribution in [1.29, 1.82) is 0 Å². The van der Waals surface area contributed by atoms with Gasteiger partial charge in [-0.05, 0) is 32.2 Å². The fourth-order valence-electron chi connectivity index (χ4n) is 1.41. The van der Waals surface area contributed by atoms with Gasteiger partial charge < -0.3 is 14.8 Å². The molecule has 7 heteroatoms. The molecule has 0 radical (unpaired) electrons. The van der Waals surface area contributed by atoms with Crippen LogP contribution in [0.4, 0.5) is 13.2 Å². The van der Waals surface area contributed by atoms with E-state index in [2.05, 4.69) is 10.1 Å². The number of benzene rings is 1. The standard InChI is InChI=1S/C12H15ClF3NO2/c1-8(17-2)10-5-9(13)3-4-11(10)19-7-18-6-12(14,15)16/h3-5,8,17H,6-7H2,1-2H3. The molecule has 0 saturated carbocycles. The zero-order valence-electron chi connectivity index (χ0n) is 10.6. The second kappa shape index (κ2) is 6.98. The van der Waals surface area contributed by atoms with Gasteiger partial charge in [0.25, 0.3) is 0 Å². The van der Waals surface area contributed by atoms with Gasteiger partial charge in [-0.25, -0.2) is 0 Å². The summed E-state index contributed by atoms with van der Waals surface area (Å²) in [5, 5.41) is 3.53. The molecule has 1 aromatic rings. The number of alkyl halides is 3. The topological polar surface area (TPSA) is 30.5 Å². The average Bonchev–Trinajstić information content (AvgIpc) is 2.33. The van der Waals surface area contributed by atoms with E-state index in [4.69, 9.17) is 16.3 Å². The molecule has 0 aliphatic rings. The predicted octanol–water partition coefficient (Wildman–Crippen LogP) is 3.54. The number of hydrogen-bond donors (Lipinski definition) is 1. The molecule has 0 aliphatic carbocycles. The Labute approximate surface area is 114 Å². The first-order valence-corrected chi connectivity index (χ1v) is 5.95. The molecule has 1 rings (SSSR count). The van der Waals surface area contributed by atoms with E-state index in [1.54, 1.807) is 25.2 Å². The second-order valence-electron chi connectivity index (χ2n) is 3.92. The Bertz CT molecular complexity index is 412. The fourth-order valence-corrected chi connectivity index (χ4v) is 1.59. The maximum Gasteiger partial charge on any atom is 0.411 e. The van der Waals surface area contributed by atoms with E-state index in [-0.39, 0.29) is 6.04 Å². The van der Waals surface area contributed by atoms with E-state index in [1.807, 2.05) is 6.92 Å². The molecule has 0 saturated heterocycles. The van der Waals surface area contributed by atoms with Gasteiger partial charge in [0, 0.05) is 16.6 Å². The Hall–Kier alpha value is -0.980. The number of rotatable bonds is 6. The first kappa shape index (κ1) is 16.1. The number of hydrogen-bond acceptors (Lipinski definition) is 3. The van der Waals surface area contributed by atoms with Gasteiger partial charge in [-0.1, -0.05) is 11.6 Å². The van der Waals surface area contributed by atoms with Gasteiger partial charge in [-0.2, -0.15) is 13.2 Å². The van der Waals surface area contributed by atoms with Gasteiger partial charge in [0.05, 0.1) is 0 Å². The van der Waals surface area contributed by atoms with Gasteiger partial charge in [0.2, 0.25) is 0 Å². The summed E-state index contributed by atoms with van der Waals surface area (Å²) in [6.07, 6.45) is -4.36. The first-order chi connectivity index (χ1) is 8.83. The summed E-state index contributed by atoms with van der Waals surface area (Å²) in [4.78, 5) is 0. The molecule has 0 heterocycles. The summed E-state index contributed by atoms with van der Waals surface area (Å²) < 4.78 is 45.3. The summed E-state index contributed by atoms with van der Waals surface area (Å²) in [5.41, 5.74) is 0.755. The highest BCUT2D eigenvalue weighted by atomic mass is 35.5. The van der Waals surface area contributed by atoms with E-state index >= 15 is 0 Å². The molecule has 19 heavy (non-hydrogen) atoms. The van der Waals surface area contributed by atoms with Crippen molar-refractivity contribution in [2.24, 2.45) is 0 Å². The molecule has 1 aromatic carbocycles. The Morgan fingerprint density at radius 3 is 2.63 bits per heavy atom. The summed E-state index contributed by atoms with van der Waals surface area (Å²) >= 11 is 5.88. The summed E-state index contributed by atoms with van der Waals surface area (Å²) in [6, 6.07) is 4.85. The number of ether oxygens (including phenoxy) is 2. The van der Waals surface area contributed by atoms with Gasteiger partial charge in [-0.15, -0.1) is 0 Å². The lowest BCUT2D eigenvalue weighted by molar-refractivity contribution is -0.186. The van der Waals surface area contributed by atoms with E-state index in [0.717, 1.165) is 5.56 Å². The minimum absolute atomic E-state index is 0.0451. The fraction of sp³-hybridized carbons (Fsp3) is 0.500. The van der Waals surface area contributed by atoms with Gasteiger partial charge in [-0.3, -0.25) is 0 Å². The third-order valence-corrected chi connectivity index (χ3v) is 2.67. The summed E-state index contributed by atoms with van der Waals surface area (Å²) in [7, 11) is 1.76. The number of nitrogens with one attached hydrogen (secondary N) is 1. The summed E-state index contributed by atoms with van der Waals surface area (Å²) in [6.45, 7) is 0.0805. The average molecular weight is 298 g/mol. The molecule has 0 fully saturated rings. The minimum atomic E-state index is -4.36. The molecular formula is C12H15ClF3NO2. The monoisotopic (exact) mass is 297 g/mol. The molecule has 3 nitrogen and oxygen atoms in total. The third kappa shape index (κ3) is 5.67. The zero-order valence-corrected chi connectivity index (χ0v) is 11.3. The highest BCUT2D eigenvalue weighted by Gasteiger charge is 2.27. The lowest BCUT2D eigenvalue weighted by atomic mass is 10.1. The molecule has 1 atom stereocenters. The molecule has 0 amide bonds. The molecule has 0 aliphatic heterocycles. The SMILES string of the molecule is CNC(C)c1cc(Cl)ccc1OCOCC(F)(F)F. The van der Waals surface area contributed by atoms with Crippen molar-refractivity contribution in [3.8, 4) is 5.75 Å². The maximum atomic E-state index is 11.9. The number of halogens is 4. The van der Waals surface area contributed by atoms with Crippen molar-refractivity contribution >= 4 is 11.6 Å². The van der Waals surface area contributed by atoms with E-state index in [0.29, 0.717) is 10.8 Å². The van der Waals surface area contributed by atoms with Crippen LogP contribution in [0.1, 0.15) is 18.5 Å². The highest BCUT2D eigenvalue weighted by molar-refractivity contribution is 6.30. The van der Waals surface area contributed by atoms with Crippen LogP contribution in [-0.4, -0.2) is 26.6 Å². The van der Waals surface area contributed by atoms with Crippen LogP contribution >= 0.6 is 11.6 Å². The van der Waals surface area contributed by atoms with Crippen LogP contribution in [0.25, 0.3) is 0 Å². The van der Waals surface area contributed by atoms with Crippen molar-refractivity contribution in [2.75, 3.05) is 20.4 Å². The van der Waals surface area contributed by atoms with Crippen molar-refractivity contribution in [3.63, 3.8) is 0 Å². The van der Waals surface area contributed by atoms with Gasteiger partial charge in [0.1, 0.15) is 12.4 Å². The highest BCUT2D eigenvalue weighted by Crippen LogP contribution is 2.28.